The summed E-state index contributed by atoms with van der Waals surface area (Å²) in [5, 5.41) is 2.22. The minimum Gasteiger partial charge on any atom is -0.370 e. The van der Waals surface area contributed by atoms with Gasteiger partial charge in [0.15, 0.2) is 0 Å². The lowest BCUT2D eigenvalue weighted by Gasteiger charge is -2.34. The molecule has 0 aromatic heterocycles. The fourth-order valence-electron chi connectivity index (χ4n) is 3.46. The molecule has 1 amide bonds. The van der Waals surface area contributed by atoms with Crippen LogP contribution in [0.5, 0.6) is 0 Å². The van der Waals surface area contributed by atoms with Gasteiger partial charge in [-0.2, -0.15) is 0 Å². The molecule has 2 rings (SSSR count). The van der Waals surface area contributed by atoms with Gasteiger partial charge in [-0.25, -0.2) is 5.01 Å². The predicted molar refractivity (Wildman–Crippen MR) is 92.0 cm³/mol. The van der Waals surface area contributed by atoms with Gasteiger partial charge >= 0.3 is 0 Å². The molecule has 2 aliphatic rings. The van der Waals surface area contributed by atoms with Crippen molar-refractivity contribution in [2.24, 2.45) is 11.8 Å². The van der Waals surface area contributed by atoms with Gasteiger partial charge in [-0.15, -0.1) is 0 Å². The lowest BCUT2D eigenvalue weighted by molar-refractivity contribution is -0.137. The molecule has 0 aromatic carbocycles. The molecule has 6 heteroatoms. The van der Waals surface area contributed by atoms with E-state index >= 15 is 0 Å². The maximum absolute atomic E-state index is 12.2. The Labute approximate surface area is 141 Å². The number of hydrogen-bond donors (Lipinski definition) is 1. The molecule has 0 spiro atoms. The predicted octanol–water partition coefficient (Wildman–Crippen LogP) is 0.650. The zero-order valence-corrected chi connectivity index (χ0v) is 15.1. The van der Waals surface area contributed by atoms with Gasteiger partial charge in [-0.1, -0.05) is 13.8 Å². The first kappa shape index (κ1) is 18.6. The van der Waals surface area contributed by atoms with Crippen LogP contribution in [0.3, 0.4) is 0 Å². The molecule has 1 N–H and O–H groups in total. The smallest absolute Gasteiger partial charge is 0.248 e. The molecule has 2 fully saturated rings. The summed E-state index contributed by atoms with van der Waals surface area (Å²) < 4.78 is 5.62. The Morgan fingerprint density at radius 2 is 1.78 bits per heavy atom. The normalized spacial score (nSPS) is 22.0. The van der Waals surface area contributed by atoms with E-state index in [4.69, 9.17) is 4.74 Å². The molecule has 0 atom stereocenters. The molecule has 0 aromatic rings. The van der Waals surface area contributed by atoms with Gasteiger partial charge in [-0.3, -0.25) is 15.1 Å². The van der Waals surface area contributed by atoms with Crippen LogP contribution in [0, 0.1) is 11.8 Å². The number of nitrogens with one attached hydrogen (secondary N) is 1. The van der Waals surface area contributed by atoms with E-state index in [0.29, 0.717) is 6.61 Å². The highest BCUT2D eigenvalue weighted by atomic mass is 16.5. The molecule has 2 saturated heterocycles. The quantitative estimate of drug-likeness (QED) is 0.696. The minimum atomic E-state index is 0.159. The second-order valence-corrected chi connectivity index (χ2v) is 7.07. The summed E-state index contributed by atoms with van der Waals surface area (Å²) in [7, 11) is 1.97. The lowest BCUT2D eigenvalue weighted by atomic mass is 9.87. The summed E-state index contributed by atoms with van der Waals surface area (Å²) in [5.74, 6) is 1.66. The van der Waals surface area contributed by atoms with E-state index in [0.717, 1.165) is 70.5 Å². The topological polar surface area (TPSA) is 48.1 Å². The summed E-state index contributed by atoms with van der Waals surface area (Å²) >= 11 is 0. The molecule has 0 saturated carbocycles. The van der Waals surface area contributed by atoms with Gasteiger partial charge < -0.3 is 9.64 Å². The first-order valence-electron chi connectivity index (χ1n) is 9.10. The summed E-state index contributed by atoms with van der Waals surface area (Å²) in [6.07, 6.45) is 2.28. The Kier molecular flexibility index (Phi) is 7.76. The van der Waals surface area contributed by atoms with Crippen molar-refractivity contribution >= 4 is 5.91 Å². The molecule has 0 bridgehead atoms. The zero-order chi connectivity index (χ0) is 16.7. The van der Waals surface area contributed by atoms with E-state index in [-0.39, 0.29) is 12.5 Å². The van der Waals surface area contributed by atoms with Crippen LogP contribution >= 0.6 is 0 Å². The molecule has 134 valence electrons. The second-order valence-electron chi connectivity index (χ2n) is 7.07. The van der Waals surface area contributed by atoms with Crippen LogP contribution in [-0.4, -0.2) is 86.8 Å². The van der Waals surface area contributed by atoms with Crippen LogP contribution < -0.4 is 5.43 Å². The number of likely N-dealkylation sites (tertiary alicyclic amines) is 1. The SMILES string of the molecule is CNN1CCN(CCOCC(=O)N2CCC(C(C)C)CC2)CC1. The number of carbonyl (C=O) groups is 1. The third-order valence-corrected chi connectivity index (χ3v) is 5.30. The average Bonchev–Trinajstić information content (AvgIpc) is 2.59. The second kappa shape index (κ2) is 9.57. The van der Waals surface area contributed by atoms with Gasteiger partial charge in [0.2, 0.25) is 5.91 Å². The number of piperidine rings is 1. The van der Waals surface area contributed by atoms with Crippen LogP contribution in [0.25, 0.3) is 0 Å². The molecule has 0 aliphatic carbocycles. The van der Waals surface area contributed by atoms with Crippen molar-refractivity contribution in [1.29, 1.82) is 0 Å². The molecule has 6 nitrogen and oxygen atoms in total. The van der Waals surface area contributed by atoms with Crippen LogP contribution in [0.1, 0.15) is 26.7 Å². The van der Waals surface area contributed by atoms with Gasteiger partial charge in [-0.05, 0) is 31.7 Å². The molecular weight excluding hydrogens is 292 g/mol. The number of hydrogen-bond acceptors (Lipinski definition) is 5. The Bertz CT molecular complexity index is 349. The first-order chi connectivity index (χ1) is 11.1. The van der Waals surface area contributed by atoms with Crippen molar-refractivity contribution in [2.45, 2.75) is 26.7 Å². The van der Waals surface area contributed by atoms with E-state index in [2.05, 4.69) is 29.2 Å². The standard InChI is InChI=1S/C17H34N4O2/c1-15(2)16-4-6-20(7-5-16)17(22)14-23-13-12-19-8-10-21(18-3)11-9-19/h15-16,18H,4-14H2,1-3H3. The Hall–Kier alpha value is -0.690. The average molecular weight is 326 g/mol. The lowest BCUT2D eigenvalue weighted by Crippen LogP contribution is -2.51. The maximum Gasteiger partial charge on any atom is 0.248 e. The molecule has 2 aliphatic heterocycles. The summed E-state index contributed by atoms with van der Waals surface area (Å²) in [6.45, 7) is 12.4. The highest BCUT2D eigenvalue weighted by molar-refractivity contribution is 5.77. The van der Waals surface area contributed by atoms with Gasteiger partial charge in [0.05, 0.1) is 6.61 Å². The summed E-state index contributed by atoms with van der Waals surface area (Å²) in [5.41, 5.74) is 3.18. The van der Waals surface area contributed by atoms with Crippen molar-refractivity contribution in [3.63, 3.8) is 0 Å². The largest absolute Gasteiger partial charge is 0.370 e. The van der Waals surface area contributed by atoms with E-state index < -0.39 is 0 Å². The van der Waals surface area contributed by atoms with Gasteiger partial charge in [0.1, 0.15) is 6.61 Å². The van der Waals surface area contributed by atoms with Crippen molar-refractivity contribution in [3.8, 4) is 0 Å². The van der Waals surface area contributed by atoms with E-state index in [1.54, 1.807) is 0 Å². The fourth-order valence-corrected chi connectivity index (χ4v) is 3.46. The van der Waals surface area contributed by atoms with E-state index in [1.165, 1.54) is 0 Å². The number of piperazine rings is 1. The minimum absolute atomic E-state index is 0.159. The van der Waals surface area contributed by atoms with Crippen molar-refractivity contribution in [3.05, 3.63) is 0 Å². The number of rotatable bonds is 7. The van der Waals surface area contributed by atoms with E-state index in [9.17, 15) is 4.79 Å². The Morgan fingerprint density at radius 1 is 1.13 bits per heavy atom. The molecule has 0 radical (unpaired) electrons. The van der Waals surface area contributed by atoms with Crippen LogP contribution in [0.15, 0.2) is 0 Å². The van der Waals surface area contributed by atoms with Crippen molar-refractivity contribution in [2.75, 3.05) is 66.1 Å². The molecular formula is C17H34N4O2. The van der Waals surface area contributed by atoms with Crippen LogP contribution in [0.2, 0.25) is 0 Å². The Balaban J connectivity index is 1.54. The third-order valence-electron chi connectivity index (χ3n) is 5.30. The van der Waals surface area contributed by atoms with Crippen molar-refractivity contribution < 1.29 is 9.53 Å². The molecule has 23 heavy (non-hydrogen) atoms. The number of nitrogens with zero attached hydrogens (tertiary/aromatic N) is 3. The number of ether oxygens (including phenoxy) is 1. The number of hydrazine groups is 1. The Morgan fingerprint density at radius 3 is 2.35 bits per heavy atom. The number of carbonyl (C=O) groups excluding carboxylic acids is 1. The van der Waals surface area contributed by atoms with Crippen LogP contribution in [-0.2, 0) is 9.53 Å². The van der Waals surface area contributed by atoms with Crippen molar-refractivity contribution in [1.82, 2.24) is 20.2 Å². The third kappa shape index (κ3) is 6.03. The van der Waals surface area contributed by atoms with Gasteiger partial charge in [0, 0.05) is 45.8 Å². The van der Waals surface area contributed by atoms with Crippen LogP contribution in [0.4, 0.5) is 0 Å². The highest BCUT2D eigenvalue weighted by Crippen LogP contribution is 2.24. The monoisotopic (exact) mass is 326 g/mol. The van der Waals surface area contributed by atoms with E-state index in [1.807, 2.05) is 11.9 Å². The number of amides is 1. The molecule has 0 unspecified atom stereocenters. The fraction of sp³-hybridized carbons (Fsp3) is 0.941. The first-order valence-corrected chi connectivity index (χ1v) is 9.10. The summed E-state index contributed by atoms with van der Waals surface area (Å²) in [4.78, 5) is 16.6. The zero-order valence-electron chi connectivity index (χ0n) is 15.1. The molecule has 2 heterocycles. The summed E-state index contributed by atoms with van der Waals surface area (Å²) in [6, 6.07) is 0. The van der Waals surface area contributed by atoms with Gasteiger partial charge in [0.25, 0.3) is 0 Å². The maximum atomic E-state index is 12.2. The highest BCUT2D eigenvalue weighted by Gasteiger charge is 2.24.